The number of carbonyl (C=O) groups excluding carboxylic acids is 2. The van der Waals surface area contributed by atoms with Gasteiger partial charge in [0, 0.05) is 12.8 Å². The van der Waals surface area contributed by atoms with Crippen molar-refractivity contribution >= 4 is 11.9 Å². The molecule has 0 saturated carbocycles. The van der Waals surface area contributed by atoms with Crippen molar-refractivity contribution in [1.82, 2.24) is 5.32 Å². The van der Waals surface area contributed by atoms with E-state index in [9.17, 15) is 19.8 Å². The lowest BCUT2D eigenvalue weighted by Gasteiger charge is -2.22. The van der Waals surface area contributed by atoms with Crippen LogP contribution in [0.5, 0.6) is 0 Å². The van der Waals surface area contributed by atoms with Crippen LogP contribution in [-0.2, 0) is 14.3 Å². The van der Waals surface area contributed by atoms with Crippen molar-refractivity contribution in [1.29, 1.82) is 0 Å². The summed E-state index contributed by atoms with van der Waals surface area (Å²) in [6.07, 6.45) is 50.7. The van der Waals surface area contributed by atoms with Crippen molar-refractivity contribution in [3.8, 4) is 0 Å². The van der Waals surface area contributed by atoms with Crippen molar-refractivity contribution < 1.29 is 24.5 Å². The summed E-state index contributed by atoms with van der Waals surface area (Å²) in [5, 5.41) is 23.1. The van der Waals surface area contributed by atoms with E-state index in [1.807, 2.05) is 0 Å². The van der Waals surface area contributed by atoms with E-state index >= 15 is 0 Å². The van der Waals surface area contributed by atoms with E-state index in [0.717, 1.165) is 38.5 Å². The fourth-order valence-electron chi connectivity index (χ4n) is 7.99. The van der Waals surface area contributed by atoms with Crippen molar-refractivity contribution in [2.24, 2.45) is 0 Å². The normalized spacial score (nSPS) is 12.6. The maximum absolute atomic E-state index is 12.4. The molecule has 6 nitrogen and oxygen atoms in total. The fourth-order valence-corrected chi connectivity index (χ4v) is 7.99. The van der Waals surface area contributed by atoms with Crippen LogP contribution < -0.4 is 5.32 Å². The molecule has 0 aromatic heterocycles. The minimum atomic E-state index is -0.664. The molecule has 0 aliphatic heterocycles. The van der Waals surface area contributed by atoms with Gasteiger partial charge in [-0.15, -0.1) is 0 Å². The lowest BCUT2D eigenvalue weighted by Crippen LogP contribution is -2.45. The number of amides is 1. The van der Waals surface area contributed by atoms with E-state index in [1.54, 1.807) is 0 Å². The minimum absolute atomic E-state index is 0.00622. The number of aliphatic hydroxyl groups is 2. The molecule has 0 heterocycles. The van der Waals surface area contributed by atoms with Crippen LogP contribution >= 0.6 is 0 Å². The molecule has 334 valence electrons. The van der Waals surface area contributed by atoms with Crippen molar-refractivity contribution in [3.63, 3.8) is 0 Å². The first-order valence-electron chi connectivity index (χ1n) is 25.3. The van der Waals surface area contributed by atoms with E-state index < -0.39 is 12.1 Å². The molecule has 0 spiro atoms. The molecule has 0 aliphatic carbocycles. The van der Waals surface area contributed by atoms with Crippen molar-refractivity contribution in [3.05, 3.63) is 0 Å². The topological polar surface area (TPSA) is 95.9 Å². The smallest absolute Gasteiger partial charge is 0.305 e. The average Bonchev–Trinajstić information content (AvgIpc) is 3.20. The van der Waals surface area contributed by atoms with Gasteiger partial charge in [-0.2, -0.15) is 0 Å². The van der Waals surface area contributed by atoms with Crippen LogP contribution in [0, 0.1) is 0 Å². The zero-order valence-electron chi connectivity index (χ0n) is 37.9. The quantitative estimate of drug-likeness (QED) is 0.0421. The molecule has 0 saturated heterocycles. The van der Waals surface area contributed by atoms with Gasteiger partial charge in [0.05, 0.1) is 25.4 Å². The molecule has 0 aliphatic rings. The summed E-state index contributed by atoms with van der Waals surface area (Å²) in [4.78, 5) is 24.4. The minimum Gasteiger partial charge on any atom is -0.466 e. The van der Waals surface area contributed by atoms with Crippen LogP contribution in [0.15, 0.2) is 0 Å². The molecule has 6 heteroatoms. The second-order valence-electron chi connectivity index (χ2n) is 17.5. The van der Waals surface area contributed by atoms with Crippen LogP contribution in [0.25, 0.3) is 0 Å². The highest BCUT2D eigenvalue weighted by atomic mass is 16.5. The number of esters is 1. The number of rotatable bonds is 47. The molecule has 1 amide bonds. The average molecular weight is 794 g/mol. The monoisotopic (exact) mass is 794 g/mol. The third-order valence-corrected chi connectivity index (χ3v) is 11.9. The molecule has 0 fully saturated rings. The Labute approximate surface area is 349 Å². The number of unbranched alkanes of at least 4 members (excludes halogenated alkanes) is 36. The zero-order chi connectivity index (χ0) is 40.8. The molecule has 3 N–H and O–H groups in total. The van der Waals surface area contributed by atoms with Crippen molar-refractivity contribution in [2.75, 3.05) is 13.2 Å². The third kappa shape index (κ3) is 42.5. The van der Waals surface area contributed by atoms with Gasteiger partial charge < -0.3 is 20.3 Å². The Kier molecular flexibility index (Phi) is 45.6. The summed E-state index contributed by atoms with van der Waals surface area (Å²) in [7, 11) is 0. The van der Waals surface area contributed by atoms with Gasteiger partial charge in [0.2, 0.25) is 5.91 Å². The number of ether oxygens (including phenoxy) is 1. The summed E-state index contributed by atoms with van der Waals surface area (Å²) < 4.78 is 5.46. The van der Waals surface area contributed by atoms with Crippen LogP contribution in [-0.4, -0.2) is 47.4 Å². The SMILES string of the molecule is CCCCCCCCCCCCCCC(=O)OCCCCCCCCCCCCCCCCCCCC(=O)NC(CO)C(O)CCCCCCCCCCCC. The van der Waals surface area contributed by atoms with Gasteiger partial charge in [0.25, 0.3) is 0 Å². The Hall–Kier alpha value is -1.14. The van der Waals surface area contributed by atoms with E-state index in [4.69, 9.17) is 4.74 Å². The van der Waals surface area contributed by atoms with Crippen LogP contribution in [0.3, 0.4) is 0 Å². The molecule has 0 radical (unpaired) electrons. The molecule has 2 unspecified atom stereocenters. The molecule has 2 atom stereocenters. The van der Waals surface area contributed by atoms with Gasteiger partial charge in [-0.3, -0.25) is 9.59 Å². The number of aliphatic hydroxyl groups excluding tert-OH is 2. The highest BCUT2D eigenvalue weighted by Gasteiger charge is 2.20. The second kappa shape index (κ2) is 46.5. The Bertz CT molecular complexity index is 791. The van der Waals surface area contributed by atoms with Gasteiger partial charge in [0.1, 0.15) is 0 Å². The third-order valence-electron chi connectivity index (χ3n) is 11.9. The summed E-state index contributed by atoms with van der Waals surface area (Å²) in [5.41, 5.74) is 0. The van der Waals surface area contributed by atoms with Crippen molar-refractivity contribution in [2.45, 2.75) is 296 Å². The second-order valence-corrected chi connectivity index (χ2v) is 17.5. The predicted molar refractivity (Wildman–Crippen MR) is 241 cm³/mol. The Morgan fingerprint density at radius 1 is 0.429 bits per heavy atom. The Morgan fingerprint density at radius 3 is 1.09 bits per heavy atom. The number of hydrogen-bond acceptors (Lipinski definition) is 5. The number of nitrogens with one attached hydrogen (secondary N) is 1. The van der Waals surface area contributed by atoms with E-state index in [-0.39, 0.29) is 18.5 Å². The molecular formula is C50H99NO5. The van der Waals surface area contributed by atoms with Gasteiger partial charge in [-0.05, 0) is 25.7 Å². The molecule has 0 rings (SSSR count). The fraction of sp³-hybridized carbons (Fsp3) is 0.960. The van der Waals surface area contributed by atoms with Crippen LogP contribution in [0.2, 0.25) is 0 Å². The predicted octanol–water partition coefficient (Wildman–Crippen LogP) is 14.8. The molecular weight excluding hydrogens is 695 g/mol. The highest BCUT2D eigenvalue weighted by Crippen LogP contribution is 2.17. The van der Waals surface area contributed by atoms with Crippen LogP contribution in [0.4, 0.5) is 0 Å². The number of hydrogen-bond donors (Lipinski definition) is 3. The first-order valence-corrected chi connectivity index (χ1v) is 25.3. The Morgan fingerprint density at radius 2 is 0.732 bits per heavy atom. The zero-order valence-corrected chi connectivity index (χ0v) is 37.9. The maximum Gasteiger partial charge on any atom is 0.305 e. The van der Waals surface area contributed by atoms with Crippen LogP contribution in [0.1, 0.15) is 284 Å². The largest absolute Gasteiger partial charge is 0.466 e. The van der Waals surface area contributed by atoms with Gasteiger partial charge in [0.15, 0.2) is 0 Å². The standard InChI is InChI=1S/C50H99NO5/c1-3-5-7-9-11-13-15-24-28-32-36-40-44-50(55)56-45-41-37-33-29-25-22-20-18-16-17-19-21-23-27-31-35-39-43-49(54)51-47(46-52)48(53)42-38-34-30-26-14-12-10-8-6-4-2/h47-48,52-53H,3-46H2,1-2H3,(H,51,54). The Balaban J connectivity index is 3.38. The van der Waals surface area contributed by atoms with E-state index in [0.29, 0.717) is 25.9 Å². The first-order chi connectivity index (χ1) is 27.5. The first kappa shape index (κ1) is 54.9. The van der Waals surface area contributed by atoms with Gasteiger partial charge in [-0.25, -0.2) is 0 Å². The van der Waals surface area contributed by atoms with E-state index in [1.165, 1.54) is 212 Å². The molecule has 56 heavy (non-hydrogen) atoms. The molecule has 0 aromatic rings. The molecule has 0 bridgehead atoms. The summed E-state index contributed by atoms with van der Waals surface area (Å²) >= 11 is 0. The summed E-state index contributed by atoms with van der Waals surface area (Å²) in [6, 6.07) is -0.542. The lowest BCUT2D eigenvalue weighted by molar-refractivity contribution is -0.143. The highest BCUT2D eigenvalue weighted by molar-refractivity contribution is 5.76. The summed E-state index contributed by atoms with van der Waals surface area (Å²) in [6.45, 7) is 4.93. The van der Waals surface area contributed by atoms with E-state index in [2.05, 4.69) is 19.2 Å². The van der Waals surface area contributed by atoms with Gasteiger partial charge in [-0.1, -0.05) is 245 Å². The lowest BCUT2D eigenvalue weighted by atomic mass is 10.0. The van der Waals surface area contributed by atoms with Gasteiger partial charge >= 0.3 is 5.97 Å². The maximum atomic E-state index is 12.4. The number of carbonyl (C=O) groups is 2. The summed E-state index contributed by atoms with van der Waals surface area (Å²) in [5.74, 6) is -0.0348. The molecule has 0 aromatic carbocycles.